The summed E-state index contributed by atoms with van der Waals surface area (Å²) in [4.78, 5) is 17.1. The van der Waals surface area contributed by atoms with Gasteiger partial charge in [0.2, 0.25) is 0 Å². The summed E-state index contributed by atoms with van der Waals surface area (Å²) in [6.45, 7) is 3.29. The summed E-state index contributed by atoms with van der Waals surface area (Å²) in [6, 6.07) is 14.8. The SMILES string of the molecule is CCOc1cc(C(=O)NC2CCOc3ccc(Br)cc32)ccc1OCc1cccnc1. The van der Waals surface area contributed by atoms with Gasteiger partial charge in [0, 0.05) is 40.0 Å². The van der Waals surface area contributed by atoms with E-state index in [-0.39, 0.29) is 11.9 Å². The smallest absolute Gasteiger partial charge is 0.251 e. The van der Waals surface area contributed by atoms with Crippen LogP contribution in [-0.2, 0) is 6.61 Å². The van der Waals surface area contributed by atoms with Gasteiger partial charge in [0.05, 0.1) is 19.3 Å². The van der Waals surface area contributed by atoms with Crippen LogP contribution >= 0.6 is 15.9 Å². The normalized spacial score (nSPS) is 14.8. The van der Waals surface area contributed by atoms with Crippen molar-refractivity contribution in [3.8, 4) is 17.2 Å². The number of hydrogen-bond donors (Lipinski definition) is 1. The van der Waals surface area contributed by atoms with Crippen molar-refractivity contribution >= 4 is 21.8 Å². The van der Waals surface area contributed by atoms with Gasteiger partial charge in [-0.05, 0) is 49.4 Å². The number of aromatic nitrogens is 1. The highest BCUT2D eigenvalue weighted by atomic mass is 79.9. The summed E-state index contributed by atoms with van der Waals surface area (Å²) in [7, 11) is 0. The van der Waals surface area contributed by atoms with Crippen LogP contribution in [0.15, 0.2) is 65.4 Å². The highest BCUT2D eigenvalue weighted by molar-refractivity contribution is 9.10. The van der Waals surface area contributed by atoms with Gasteiger partial charge in [0.25, 0.3) is 5.91 Å². The second kappa shape index (κ2) is 9.83. The van der Waals surface area contributed by atoms with Crippen LogP contribution in [-0.4, -0.2) is 24.1 Å². The molecular formula is C24H23BrN2O4. The average molecular weight is 483 g/mol. The minimum absolute atomic E-state index is 0.120. The average Bonchev–Trinajstić information content (AvgIpc) is 2.79. The zero-order valence-corrected chi connectivity index (χ0v) is 18.7. The Bertz CT molecular complexity index is 1060. The number of carbonyl (C=O) groups excluding carboxylic acids is 1. The molecular weight excluding hydrogens is 460 g/mol. The van der Waals surface area contributed by atoms with Crippen molar-refractivity contribution in [2.24, 2.45) is 0 Å². The van der Waals surface area contributed by atoms with E-state index in [2.05, 4.69) is 26.2 Å². The van der Waals surface area contributed by atoms with Crippen molar-refractivity contribution in [1.82, 2.24) is 10.3 Å². The third kappa shape index (κ3) is 5.17. The first-order valence-electron chi connectivity index (χ1n) is 10.2. The molecule has 2 heterocycles. The van der Waals surface area contributed by atoms with Crippen LogP contribution in [0, 0.1) is 0 Å². The van der Waals surface area contributed by atoms with Gasteiger partial charge in [-0.2, -0.15) is 0 Å². The molecule has 1 aliphatic heterocycles. The number of benzene rings is 2. The monoisotopic (exact) mass is 482 g/mol. The topological polar surface area (TPSA) is 69.7 Å². The molecule has 6 nitrogen and oxygen atoms in total. The molecule has 1 aromatic heterocycles. The molecule has 0 fully saturated rings. The molecule has 2 aromatic carbocycles. The number of pyridine rings is 1. The van der Waals surface area contributed by atoms with E-state index in [4.69, 9.17) is 14.2 Å². The van der Waals surface area contributed by atoms with Gasteiger partial charge >= 0.3 is 0 Å². The van der Waals surface area contributed by atoms with Crippen molar-refractivity contribution in [3.05, 3.63) is 82.1 Å². The van der Waals surface area contributed by atoms with Crippen molar-refractivity contribution < 1.29 is 19.0 Å². The molecule has 0 spiro atoms. The van der Waals surface area contributed by atoms with Crippen LogP contribution in [0.1, 0.15) is 40.9 Å². The van der Waals surface area contributed by atoms with E-state index < -0.39 is 0 Å². The number of nitrogens with one attached hydrogen (secondary N) is 1. The molecule has 0 radical (unpaired) electrons. The van der Waals surface area contributed by atoms with Gasteiger partial charge in [-0.3, -0.25) is 9.78 Å². The van der Waals surface area contributed by atoms with E-state index in [0.29, 0.717) is 43.3 Å². The molecule has 1 atom stereocenters. The van der Waals surface area contributed by atoms with E-state index >= 15 is 0 Å². The second-order valence-corrected chi connectivity index (χ2v) is 8.01. The third-order valence-corrected chi connectivity index (χ3v) is 5.43. The predicted octanol–water partition coefficient (Wildman–Crippen LogP) is 5.08. The standard InChI is InChI=1S/C24H23BrN2O4/c1-2-29-23-12-17(5-7-22(23)31-15-16-4-3-10-26-14-16)24(28)27-20-9-11-30-21-8-6-18(25)13-19(20)21/h3-8,10,12-14,20H,2,9,11,15H2,1H3,(H,27,28). The highest BCUT2D eigenvalue weighted by Crippen LogP contribution is 2.35. The van der Waals surface area contributed by atoms with Crippen molar-refractivity contribution in [2.75, 3.05) is 13.2 Å². The van der Waals surface area contributed by atoms with E-state index in [9.17, 15) is 4.79 Å². The van der Waals surface area contributed by atoms with Gasteiger partial charge in [-0.1, -0.05) is 22.0 Å². The summed E-state index contributed by atoms with van der Waals surface area (Å²) < 4.78 is 18.3. The number of ether oxygens (including phenoxy) is 3. The summed E-state index contributed by atoms with van der Waals surface area (Å²) in [6.07, 6.45) is 4.18. The summed E-state index contributed by atoms with van der Waals surface area (Å²) in [5.41, 5.74) is 2.44. The number of amides is 1. The van der Waals surface area contributed by atoms with Gasteiger partial charge in [0.1, 0.15) is 12.4 Å². The Kier molecular flexibility index (Phi) is 6.72. The summed E-state index contributed by atoms with van der Waals surface area (Å²) in [5.74, 6) is 1.75. The molecule has 3 aromatic rings. The summed E-state index contributed by atoms with van der Waals surface area (Å²) >= 11 is 3.49. The zero-order valence-electron chi connectivity index (χ0n) is 17.1. The second-order valence-electron chi connectivity index (χ2n) is 7.09. The van der Waals surface area contributed by atoms with Crippen LogP contribution < -0.4 is 19.5 Å². The fourth-order valence-corrected chi connectivity index (χ4v) is 3.82. The van der Waals surface area contributed by atoms with E-state index in [1.165, 1.54) is 0 Å². The predicted molar refractivity (Wildman–Crippen MR) is 121 cm³/mol. The maximum absolute atomic E-state index is 13.0. The van der Waals surface area contributed by atoms with Gasteiger partial charge in [-0.25, -0.2) is 0 Å². The Morgan fingerprint density at radius 3 is 2.90 bits per heavy atom. The molecule has 4 rings (SSSR count). The Labute approximate surface area is 189 Å². The Hall–Kier alpha value is -3.06. The lowest BCUT2D eigenvalue weighted by Gasteiger charge is -2.27. The van der Waals surface area contributed by atoms with Crippen LogP contribution in [0.2, 0.25) is 0 Å². The Morgan fingerprint density at radius 2 is 2.10 bits per heavy atom. The lowest BCUT2D eigenvalue weighted by atomic mass is 10.00. The van der Waals surface area contributed by atoms with E-state index in [0.717, 1.165) is 21.3 Å². The number of carbonyl (C=O) groups is 1. The molecule has 1 aliphatic rings. The maximum Gasteiger partial charge on any atom is 0.251 e. The molecule has 1 unspecified atom stereocenters. The number of fused-ring (bicyclic) bond motifs is 1. The van der Waals surface area contributed by atoms with Crippen molar-refractivity contribution in [2.45, 2.75) is 26.0 Å². The lowest BCUT2D eigenvalue weighted by Crippen LogP contribution is -2.32. The Morgan fingerprint density at radius 1 is 1.19 bits per heavy atom. The van der Waals surface area contributed by atoms with Crippen LogP contribution in [0.25, 0.3) is 0 Å². The first-order chi connectivity index (χ1) is 15.1. The molecule has 160 valence electrons. The molecule has 31 heavy (non-hydrogen) atoms. The fourth-order valence-electron chi connectivity index (χ4n) is 3.44. The number of hydrogen-bond acceptors (Lipinski definition) is 5. The molecule has 1 amide bonds. The van der Waals surface area contributed by atoms with Crippen LogP contribution in [0.4, 0.5) is 0 Å². The third-order valence-electron chi connectivity index (χ3n) is 4.94. The maximum atomic E-state index is 13.0. The molecule has 0 aliphatic carbocycles. The molecule has 7 heteroatoms. The first-order valence-corrected chi connectivity index (χ1v) is 10.9. The molecule has 0 bridgehead atoms. The fraction of sp³-hybridized carbons (Fsp3) is 0.250. The van der Waals surface area contributed by atoms with Crippen molar-refractivity contribution in [1.29, 1.82) is 0 Å². The van der Waals surface area contributed by atoms with Crippen LogP contribution in [0.5, 0.6) is 17.2 Å². The highest BCUT2D eigenvalue weighted by Gasteiger charge is 2.24. The molecule has 0 saturated carbocycles. The quantitative estimate of drug-likeness (QED) is 0.508. The number of halogens is 1. The lowest BCUT2D eigenvalue weighted by molar-refractivity contribution is 0.0924. The number of nitrogens with zero attached hydrogens (tertiary/aromatic N) is 1. The number of rotatable bonds is 7. The molecule has 0 saturated heterocycles. The minimum atomic E-state index is -0.169. The van der Waals surface area contributed by atoms with E-state index in [1.54, 1.807) is 30.6 Å². The first kappa shape index (κ1) is 21.2. The van der Waals surface area contributed by atoms with Gasteiger partial charge < -0.3 is 19.5 Å². The minimum Gasteiger partial charge on any atom is -0.493 e. The van der Waals surface area contributed by atoms with E-state index in [1.807, 2.05) is 37.3 Å². The zero-order chi connectivity index (χ0) is 21.6. The van der Waals surface area contributed by atoms with Gasteiger partial charge in [0.15, 0.2) is 11.5 Å². The molecule has 1 N–H and O–H groups in total. The largest absolute Gasteiger partial charge is 0.493 e. The van der Waals surface area contributed by atoms with Crippen molar-refractivity contribution in [3.63, 3.8) is 0 Å². The Balaban J connectivity index is 1.50. The van der Waals surface area contributed by atoms with Crippen LogP contribution in [0.3, 0.4) is 0 Å². The van der Waals surface area contributed by atoms with Gasteiger partial charge in [-0.15, -0.1) is 0 Å². The summed E-state index contributed by atoms with van der Waals surface area (Å²) in [5, 5.41) is 3.12.